The second-order valence-electron chi connectivity index (χ2n) is 5.43. The summed E-state index contributed by atoms with van der Waals surface area (Å²) in [7, 11) is 1.76. The Morgan fingerprint density at radius 3 is 2.52 bits per heavy atom. The maximum atomic E-state index is 5.77. The maximum absolute atomic E-state index is 5.77. The molecule has 0 aliphatic carbocycles. The smallest absolute Gasteiger partial charge is 0.191 e. The molecule has 5 heteroatoms. The molecule has 0 amide bonds. The van der Waals surface area contributed by atoms with Gasteiger partial charge in [-0.05, 0) is 49.2 Å². The van der Waals surface area contributed by atoms with Crippen LogP contribution in [0.4, 0.5) is 0 Å². The number of hydrogen-bond donors (Lipinski definition) is 2. The third-order valence-corrected chi connectivity index (χ3v) is 3.33. The van der Waals surface area contributed by atoms with Crippen LogP contribution in [0, 0.1) is 13.8 Å². The minimum absolute atomic E-state index is 0.585. The van der Waals surface area contributed by atoms with Gasteiger partial charge in [0.05, 0.1) is 12.8 Å². The van der Waals surface area contributed by atoms with Crippen LogP contribution >= 0.6 is 0 Å². The predicted molar refractivity (Wildman–Crippen MR) is 93.2 cm³/mol. The Morgan fingerprint density at radius 2 is 1.87 bits per heavy atom. The molecular formula is C18H25N3O2. The molecule has 0 saturated carbocycles. The summed E-state index contributed by atoms with van der Waals surface area (Å²) in [6, 6.07) is 10.1. The van der Waals surface area contributed by atoms with Crippen molar-refractivity contribution in [1.29, 1.82) is 0 Å². The number of benzene rings is 1. The summed E-state index contributed by atoms with van der Waals surface area (Å²) in [6.07, 6.45) is 2.51. The molecule has 0 saturated heterocycles. The van der Waals surface area contributed by atoms with Gasteiger partial charge < -0.3 is 19.8 Å². The molecule has 0 atom stereocenters. The van der Waals surface area contributed by atoms with E-state index in [-0.39, 0.29) is 0 Å². The summed E-state index contributed by atoms with van der Waals surface area (Å²) < 4.78 is 11.1. The van der Waals surface area contributed by atoms with Crippen LogP contribution < -0.4 is 15.4 Å². The number of hydrogen-bond acceptors (Lipinski definition) is 3. The van der Waals surface area contributed by atoms with E-state index in [1.165, 1.54) is 11.1 Å². The van der Waals surface area contributed by atoms with E-state index >= 15 is 0 Å². The highest BCUT2D eigenvalue weighted by Gasteiger charge is 2.00. The summed E-state index contributed by atoms with van der Waals surface area (Å²) in [5.41, 5.74) is 2.42. The first kappa shape index (κ1) is 16.9. The fraction of sp³-hybridized carbons (Fsp3) is 0.389. The third kappa shape index (κ3) is 6.06. The average Bonchev–Trinajstić information content (AvgIpc) is 3.02. The van der Waals surface area contributed by atoms with E-state index in [9.17, 15) is 0 Å². The number of rotatable bonds is 7. The van der Waals surface area contributed by atoms with Crippen LogP contribution in [0.15, 0.2) is 46.0 Å². The van der Waals surface area contributed by atoms with Crippen LogP contribution in [-0.4, -0.2) is 32.7 Å². The van der Waals surface area contributed by atoms with Gasteiger partial charge in [0.2, 0.25) is 0 Å². The number of nitrogens with zero attached hydrogens (tertiary/aromatic N) is 1. The summed E-state index contributed by atoms with van der Waals surface area (Å²) in [5, 5.41) is 6.48. The Morgan fingerprint density at radius 1 is 1.13 bits per heavy atom. The van der Waals surface area contributed by atoms with Gasteiger partial charge in [0.1, 0.15) is 18.1 Å². The molecule has 2 rings (SSSR count). The topological polar surface area (TPSA) is 58.8 Å². The molecule has 0 aliphatic heterocycles. The zero-order chi connectivity index (χ0) is 16.5. The van der Waals surface area contributed by atoms with Crippen molar-refractivity contribution in [2.45, 2.75) is 20.3 Å². The van der Waals surface area contributed by atoms with E-state index in [1.807, 2.05) is 24.3 Å². The normalized spacial score (nSPS) is 11.3. The Kier molecular flexibility index (Phi) is 6.54. The van der Waals surface area contributed by atoms with Crippen molar-refractivity contribution in [2.75, 3.05) is 26.7 Å². The highest BCUT2D eigenvalue weighted by atomic mass is 16.5. The lowest BCUT2D eigenvalue weighted by molar-refractivity contribution is 0.321. The molecule has 23 heavy (non-hydrogen) atoms. The van der Waals surface area contributed by atoms with Crippen LogP contribution in [0.25, 0.3) is 0 Å². The Balaban J connectivity index is 1.65. The van der Waals surface area contributed by atoms with Gasteiger partial charge in [0.25, 0.3) is 0 Å². The SMILES string of the molecule is CN=C(NCCOc1cc(C)cc(C)c1)NCCc1ccco1. The fourth-order valence-corrected chi connectivity index (χ4v) is 2.33. The summed E-state index contributed by atoms with van der Waals surface area (Å²) in [4.78, 5) is 4.19. The summed E-state index contributed by atoms with van der Waals surface area (Å²) in [6.45, 7) is 6.19. The van der Waals surface area contributed by atoms with Crippen LogP contribution in [0.3, 0.4) is 0 Å². The Bertz CT molecular complexity index is 601. The predicted octanol–water partition coefficient (Wildman–Crippen LogP) is 2.68. The molecule has 0 unspecified atom stereocenters. The van der Waals surface area contributed by atoms with Gasteiger partial charge in [0, 0.05) is 20.0 Å². The molecular weight excluding hydrogens is 290 g/mol. The van der Waals surface area contributed by atoms with Gasteiger partial charge in [-0.25, -0.2) is 0 Å². The molecule has 0 bridgehead atoms. The Labute approximate surface area is 137 Å². The minimum Gasteiger partial charge on any atom is -0.492 e. The van der Waals surface area contributed by atoms with Crippen molar-refractivity contribution in [2.24, 2.45) is 4.99 Å². The van der Waals surface area contributed by atoms with Crippen LogP contribution in [0.1, 0.15) is 16.9 Å². The van der Waals surface area contributed by atoms with Gasteiger partial charge >= 0.3 is 0 Å². The molecule has 0 spiro atoms. The van der Waals surface area contributed by atoms with Crippen molar-refractivity contribution in [3.05, 3.63) is 53.5 Å². The van der Waals surface area contributed by atoms with Crippen molar-refractivity contribution in [3.8, 4) is 5.75 Å². The van der Waals surface area contributed by atoms with Gasteiger partial charge in [-0.2, -0.15) is 0 Å². The van der Waals surface area contributed by atoms with Crippen LogP contribution in [0.2, 0.25) is 0 Å². The third-order valence-electron chi connectivity index (χ3n) is 3.33. The van der Waals surface area contributed by atoms with Crippen LogP contribution in [-0.2, 0) is 6.42 Å². The molecule has 2 N–H and O–H groups in total. The van der Waals surface area contributed by atoms with Crippen LogP contribution in [0.5, 0.6) is 5.75 Å². The second-order valence-corrected chi connectivity index (χ2v) is 5.43. The van der Waals surface area contributed by atoms with Crippen molar-refractivity contribution in [3.63, 3.8) is 0 Å². The first-order valence-electron chi connectivity index (χ1n) is 7.85. The first-order valence-corrected chi connectivity index (χ1v) is 7.85. The van der Waals surface area contributed by atoms with E-state index in [1.54, 1.807) is 13.3 Å². The van der Waals surface area contributed by atoms with E-state index in [2.05, 4.69) is 35.5 Å². The molecule has 1 aromatic heterocycles. The average molecular weight is 315 g/mol. The molecule has 1 aromatic carbocycles. The lowest BCUT2D eigenvalue weighted by atomic mass is 10.1. The first-order chi connectivity index (χ1) is 11.2. The second kappa shape index (κ2) is 8.88. The quantitative estimate of drug-likeness (QED) is 0.468. The lowest BCUT2D eigenvalue weighted by Crippen LogP contribution is -2.40. The lowest BCUT2D eigenvalue weighted by Gasteiger charge is -2.12. The number of aryl methyl sites for hydroxylation is 2. The van der Waals surface area contributed by atoms with Crippen molar-refractivity contribution >= 4 is 5.96 Å². The highest BCUT2D eigenvalue weighted by Crippen LogP contribution is 2.15. The van der Waals surface area contributed by atoms with E-state index < -0.39 is 0 Å². The number of ether oxygens (including phenoxy) is 1. The molecule has 124 valence electrons. The number of aliphatic imine (C=N–C) groups is 1. The number of furan rings is 1. The zero-order valence-corrected chi connectivity index (χ0v) is 14.1. The Hall–Kier alpha value is -2.43. The molecule has 0 aliphatic rings. The van der Waals surface area contributed by atoms with Crippen molar-refractivity contribution < 1.29 is 9.15 Å². The van der Waals surface area contributed by atoms with Gasteiger partial charge in [-0.3, -0.25) is 4.99 Å². The maximum Gasteiger partial charge on any atom is 0.191 e. The van der Waals surface area contributed by atoms with E-state index in [4.69, 9.17) is 9.15 Å². The van der Waals surface area contributed by atoms with E-state index in [0.29, 0.717) is 13.2 Å². The van der Waals surface area contributed by atoms with Crippen molar-refractivity contribution in [1.82, 2.24) is 10.6 Å². The largest absolute Gasteiger partial charge is 0.492 e. The molecule has 5 nitrogen and oxygen atoms in total. The standard InChI is InChI=1S/C18H25N3O2/c1-14-11-15(2)13-17(12-14)23-10-8-21-18(19-3)20-7-6-16-5-4-9-22-16/h4-5,9,11-13H,6-8,10H2,1-3H3,(H2,19,20,21). The van der Waals surface area contributed by atoms with Gasteiger partial charge in [-0.1, -0.05) is 6.07 Å². The monoisotopic (exact) mass is 315 g/mol. The fourth-order valence-electron chi connectivity index (χ4n) is 2.33. The molecule has 1 heterocycles. The highest BCUT2D eigenvalue weighted by molar-refractivity contribution is 5.79. The summed E-state index contributed by atoms with van der Waals surface area (Å²) in [5.74, 6) is 2.64. The summed E-state index contributed by atoms with van der Waals surface area (Å²) >= 11 is 0. The molecule has 2 aromatic rings. The van der Waals surface area contributed by atoms with Gasteiger partial charge in [-0.15, -0.1) is 0 Å². The van der Waals surface area contributed by atoms with Gasteiger partial charge in [0.15, 0.2) is 5.96 Å². The number of guanidine groups is 1. The molecule has 0 radical (unpaired) electrons. The number of nitrogens with one attached hydrogen (secondary N) is 2. The van der Waals surface area contributed by atoms with E-state index in [0.717, 1.165) is 30.4 Å². The minimum atomic E-state index is 0.585. The zero-order valence-electron chi connectivity index (χ0n) is 14.1. The molecule has 0 fully saturated rings.